The third-order valence-corrected chi connectivity index (χ3v) is 5.93. The topological polar surface area (TPSA) is 15.3 Å². The van der Waals surface area contributed by atoms with Crippen molar-refractivity contribution >= 4 is 0 Å². The van der Waals surface area contributed by atoms with E-state index in [2.05, 4.69) is 37.9 Å². The Hall–Kier alpha value is -0.0800. The Bertz CT molecular complexity index is 268. The van der Waals surface area contributed by atoms with Crippen LogP contribution >= 0.6 is 0 Å². The minimum absolute atomic E-state index is 0.429. The summed E-state index contributed by atoms with van der Waals surface area (Å²) in [5.74, 6) is 1.86. The van der Waals surface area contributed by atoms with Crippen molar-refractivity contribution in [2.24, 2.45) is 11.8 Å². The van der Waals surface area contributed by atoms with Gasteiger partial charge in [0.25, 0.3) is 0 Å². The van der Waals surface area contributed by atoms with E-state index in [-0.39, 0.29) is 0 Å². The van der Waals surface area contributed by atoms with Crippen molar-refractivity contribution < 1.29 is 0 Å². The molecule has 2 rings (SSSR count). The third kappa shape index (κ3) is 3.52. The van der Waals surface area contributed by atoms with Crippen LogP contribution in [-0.2, 0) is 0 Å². The zero-order valence-electron chi connectivity index (χ0n) is 13.5. The van der Waals surface area contributed by atoms with Crippen LogP contribution in [0.15, 0.2) is 0 Å². The second kappa shape index (κ2) is 6.58. The van der Waals surface area contributed by atoms with Crippen molar-refractivity contribution in [3.05, 3.63) is 0 Å². The Morgan fingerprint density at radius 3 is 2.42 bits per heavy atom. The highest BCUT2D eigenvalue weighted by Crippen LogP contribution is 2.35. The lowest BCUT2D eigenvalue weighted by Gasteiger charge is -2.51. The van der Waals surface area contributed by atoms with Crippen molar-refractivity contribution in [3.63, 3.8) is 0 Å². The quantitative estimate of drug-likeness (QED) is 0.756. The molecule has 1 aliphatic carbocycles. The maximum atomic E-state index is 3.85. The molecule has 0 spiro atoms. The Labute approximate surface area is 120 Å². The summed E-state index contributed by atoms with van der Waals surface area (Å²) in [6.45, 7) is 13.3. The molecule has 2 atom stereocenters. The molecule has 0 radical (unpaired) electrons. The van der Waals surface area contributed by atoms with Crippen LogP contribution in [0.25, 0.3) is 0 Å². The predicted octanol–water partition coefficient (Wildman–Crippen LogP) is 3.67. The van der Waals surface area contributed by atoms with Crippen molar-refractivity contribution in [2.45, 2.75) is 77.8 Å². The summed E-state index contributed by atoms with van der Waals surface area (Å²) in [6, 6.07) is 0.704. The smallest absolute Gasteiger partial charge is 0.0329 e. The number of hydrogen-bond acceptors (Lipinski definition) is 2. The van der Waals surface area contributed by atoms with Gasteiger partial charge in [-0.1, -0.05) is 47.0 Å². The summed E-state index contributed by atoms with van der Waals surface area (Å²) in [5.41, 5.74) is 0.429. The van der Waals surface area contributed by atoms with E-state index in [0.717, 1.165) is 11.8 Å². The molecule has 2 fully saturated rings. The first-order valence-electron chi connectivity index (χ1n) is 8.63. The largest absolute Gasteiger partial charge is 0.311 e. The average Bonchev–Trinajstić information content (AvgIpc) is 3.28. The molecule has 2 aliphatic rings. The van der Waals surface area contributed by atoms with E-state index in [1.165, 1.54) is 58.2 Å². The summed E-state index contributed by atoms with van der Waals surface area (Å²) in [6.07, 6.45) is 8.29. The average molecular weight is 266 g/mol. The molecule has 0 aromatic heterocycles. The van der Waals surface area contributed by atoms with Gasteiger partial charge in [0, 0.05) is 24.7 Å². The van der Waals surface area contributed by atoms with Gasteiger partial charge in [-0.05, 0) is 37.6 Å². The van der Waals surface area contributed by atoms with Gasteiger partial charge in [0.1, 0.15) is 0 Å². The first kappa shape index (κ1) is 15.3. The van der Waals surface area contributed by atoms with E-state index in [1.807, 2.05) is 0 Å². The lowest BCUT2D eigenvalue weighted by molar-refractivity contribution is 0.0184. The summed E-state index contributed by atoms with van der Waals surface area (Å²) >= 11 is 0. The molecular formula is C17H34N2. The van der Waals surface area contributed by atoms with E-state index in [4.69, 9.17) is 0 Å². The molecule has 1 saturated carbocycles. The van der Waals surface area contributed by atoms with E-state index >= 15 is 0 Å². The SMILES string of the molecule is CCC(C)C1CN(CCC2CC2)C(CC)(CC)CN1. The van der Waals surface area contributed by atoms with Gasteiger partial charge >= 0.3 is 0 Å². The fourth-order valence-corrected chi connectivity index (χ4v) is 3.61. The molecule has 112 valence electrons. The van der Waals surface area contributed by atoms with Crippen molar-refractivity contribution in [1.29, 1.82) is 0 Å². The molecular weight excluding hydrogens is 232 g/mol. The van der Waals surface area contributed by atoms with E-state index in [9.17, 15) is 0 Å². The second-order valence-corrected chi connectivity index (χ2v) is 6.98. The van der Waals surface area contributed by atoms with Crippen LogP contribution < -0.4 is 5.32 Å². The van der Waals surface area contributed by atoms with Crippen LogP contribution in [0.5, 0.6) is 0 Å². The van der Waals surface area contributed by atoms with Gasteiger partial charge in [-0.25, -0.2) is 0 Å². The highest BCUT2D eigenvalue weighted by atomic mass is 15.3. The van der Waals surface area contributed by atoms with Crippen LogP contribution in [0.2, 0.25) is 0 Å². The molecule has 0 bridgehead atoms. The monoisotopic (exact) mass is 266 g/mol. The highest BCUT2D eigenvalue weighted by molar-refractivity contribution is 4.98. The van der Waals surface area contributed by atoms with Crippen LogP contribution in [-0.4, -0.2) is 36.1 Å². The van der Waals surface area contributed by atoms with Gasteiger partial charge in [-0.3, -0.25) is 4.90 Å². The van der Waals surface area contributed by atoms with Gasteiger partial charge in [0.2, 0.25) is 0 Å². The lowest BCUT2D eigenvalue weighted by Crippen LogP contribution is -2.65. The lowest BCUT2D eigenvalue weighted by atomic mass is 9.84. The predicted molar refractivity (Wildman–Crippen MR) is 83.5 cm³/mol. The number of hydrogen-bond donors (Lipinski definition) is 1. The summed E-state index contributed by atoms with van der Waals surface area (Å²) < 4.78 is 0. The number of piperazine rings is 1. The summed E-state index contributed by atoms with van der Waals surface area (Å²) in [5, 5.41) is 3.85. The minimum Gasteiger partial charge on any atom is -0.311 e. The molecule has 1 aliphatic heterocycles. The van der Waals surface area contributed by atoms with Crippen LogP contribution in [0, 0.1) is 11.8 Å². The molecule has 19 heavy (non-hydrogen) atoms. The fraction of sp³-hybridized carbons (Fsp3) is 1.00. The van der Waals surface area contributed by atoms with Gasteiger partial charge < -0.3 is 5.32 Å². The van der Waals surface area contributed by atoms with Gasteiger partial charge in [0.05, 0.1) is 0 Å². The number of nitrogens with zero attached hydrogens (tertiary/aromatic N) is 1. The van der Waals surface area contributed by atoms with Gasteiger partial charge in [0.15, 0.2) is 0 Å². The molecule has 0 amide bonds. The standard InChI is InChI=1S/C17H34N2/c1-5-14(4)16-12-19(11-10-15-8-9-15)17(6-2,7-3)13-18-16/h14-16,18H,5-13H2,1-4H3. The molecule has 1 saturated heterocycles. The Kier molecular flexibility index (Phi) is 5.30. The Morgan fingerprint density at radius 2 is 1.89 bits per heavy atom. The summed E-state index contributed by atoms with van der Waals surface area (Å²) in [7, 11) is 0. The third-order valence-electron chi connectivity index (χ3n) is 5.93. The second-order valence-electron chi connectivity index (χ2n) is 6.98. The summed E-state index contributed by atoms with van der Waals surface area (Å²) in [4.78, 5) is 2.85. The van der Waals surface area contributed by atoms with Crippen LogP contribution in [0.1, 0.15) is 66.2 Å². The first-order chi connectivity index (χ1) is 9.15. The number of nitrogens with one attached hydrogen (secondary N) is 1. The maximum absolute atomic E-state index is 3.85. The van der Waals surface area contributed by atoms with Gasteiger partial charge in [-0.2, -0.15) is 0 Å². The molecule has 0 aromatic carbocycles. The van der Waals surface area contributed by atoms with E-state index in [1.54, 1.807) is 0 Å². The molecule has 2 heteroatoms. The zero-order valence-corrected chi connectivity index (χ0v) is 13.5. The minimum atomic E-state index is 0.429. The first-order valence-corrected chi connectivity index (χ1v) is 8.63. The fourth-order valence-electron chi connectivity index (χ4n) is 3.61. The van der Waals surface area contributed by atoms with Crippen LogP contribution in [0.3, 0.4) is 0 Å². The molecule has 1 N–H and O–H groups in total. The number of rotatable bonds is 7. The molecule has 1 heterocycles. The maximum Gasteiger partial charge on any atom is 0.0329 e. The molecule has 2 nitrogen and oxygen atoms in total. The Balaban J connectivity index is 1.99. The highest BCUT2D eigenvalue weighted by Gasteiger charge is 2.40. The van der Waals surface area contributed by atoms with Crippen molar-refractivity contribution in [3.8, 4) is 0 Å². The van der Waals surface area contributed by atoms with Crippen molar-refractivity contribution in [1.82, 2.24) is 10.2 Å². The zero-order chi connectivity index (χ0) is 13.9. The normalized spacial score (nSPS) is 29.4. The molecule has 2 unspecified atom stereocenters. The molecule has 0 aromatic rings. The Morgan fingerprint density at radius 1 is 1.21 bits per heavy atom. The van der Waals surface area contributed by atoms with E-state index < -0.39 is 0 Å². The van der Waals surface area contributed by atoms with Crippen LogP contribution in [0.4, 0.5) is 0 Å². The van der Waals surface area contributed by atoms with E-state index in [0.29, 0.717) is 11.6 Å². The van der Waals surface area contributed by atoms with Crippen molar-refractivity contribution in [2.75, 3.05) is 19.6 Å². The van der Waals surface area contributed by atoms with Gasteiger partial charge in [-0.15, -0.1) is 0 Å².